The second-order valence-corrected chi connectivity index (χ2v) is 4.47. The van der Waals surface area contributed by atoms with Crippen molar-refractivity contribution in [1.82, 2.24) is 4.90 Å². The summed E-state index contributed by atoms with van der Waals surface area (Å²) in [6.45, 7) is 0.858. The minimum absolute atomic E-state index is 0.334. The topological polar surface area (TPSA) is 40.5 Å². The van der Waals surface area contributed by atoms with Crippen molar-refractivity contribution in [1.29, 1.82) is 0 Å². The molecule has 3 heteroatoms. The summed E-state index contributed by atoms with van der Waals surface area (Å²) in [6.07, 6.45) is 1.76. The summed E-state index contributed by atoms with van der Waals surface area (Å²) in [7, 11) is 1.89. The van der Waals surface area contributed by atoms with Crippen LogP contribution in [0.25, 0.3) is 0 Å². The van der Waals surface area contributed by atoms with Crippen LogP contribution in [0.2, 0.25) is 0 Å². The van der Waals surface area contributed by atoms with E-state index in [1.807, 2.05) is 30.1 Å². The lowest BCUT2D eigenvalue weighted by molar-refractivity contribution is -0.144. The van der Waals surface area contributed by atoms with Crippen LogP contribution in [0.5, 0.6) is 0 Å². The lowest BCUT2D eigenvalue weighted by Crippen LogP contribution is -2.44. The molecule has 86 valence electrons. The molecule has 1 aliphatic heterocycles. The van der Waals surface area contributed by atoms with E-state index in [1.165, 1.54) is 5.56 Å². The Bertz CT molecular complexity index is 363. The number of hydrogen-bond donors (Lipinski definition) is 1. The maximum Gasteiger partial charge on any atom is 0.320 e. The molecule has 1 aromatic rings. The molecule has 2 atom stereocenters. The van der Waals surface area contributed by atoms with Gasteiger partial charge in [0.1, 0.15) is 6.04 Å². The number of carboxylic acid groups (broad SMARTS) is 1. The van der Waals surface area contributed by atoms with Gasteiger partial charge in [0.25, 0.3) is 0 Å². The summed E-state index contributed by atoms with van der Waals surface area (Å²) >= 11 is 0. The van der Waals surface area contributed by atoms with Crippen LogP contribution in [0.15, 0.2) is 30.3 Å². The fourth-order valence-corrected chi connectivity index (χ4v) is 2.40. The van der Waals surface area contributed by atoms with Gasteiger partial charge in [-0.15, -0.1) is 0 Å². The Morgan fingerprint density at radius 2 is 2.06 bits per heavy atom. The van der Waals surface area contributed by atoms with E-state index in [2.05, 4.69) is 12.1 Å². The predicted octanol–water partition coefficient (Wildman–Crippen LogP) is 1.95. The molecular weight excluding hydrogens is 202 g/mol. The van der Waals surface area contributed by atoms with Gasteiger partial charge in [-0.05, 0) is 37.9 Å². The van der Waals surface area contributed by atoms with E-state index in [0.717, 1.165) is 19.4 Å². The normalized spacial score (nSPS) is 26.6. The van der Waals surface area contributed by atoms with Crippen LogP contribution < -0.4 is 0 Å². The first kappa shape index (κ1) is 11.1. The van der Waals surface area contributed by atoms with Crippen LogP contribution in [-0.4, -0.2) is 35.6 Å². The Labute approximate surface area is 95.7 Å². The van der Waals surface area contributed by atoms with Gasteiger partial charge in [-0.1, -0.05) is 30.3 Å². The van der Waals surface area contributed by atoms with E-state index in [-0.39, 0.29) is 6.04 Å². The second kappa shape index (κ2) is 4.66. The van der Waals surface area contributed by atoms with E-state index in [1.54, 1.807) is 0 Å². The second-order valence-electron chi connectivity index (χ2n) is 4.47. The van der Waals surface area contributed by atoms with Crippen LogP contribution in [0.3, 0.4) is 0 Å². The lowest BCUT2D eigenvalue weighted by Gasteiger charge is -2.34. The van der Waals surface area contributed by atoms with Crippen LogP contribution in [0.1, 0.15) is 24.3 Å². The van der Waals surface area contributed by atoms with Gasteiger partial charge in [0.15, 0.2) is 0 Å². The standard InChI is InChI=1S/C13H17NO2/c1-14-8-7-11(9-12(14)13(15)16)10-5-3-2-4-6-10/h2-6,11-12H,7-9H2,1H3,(H,15,16). The SMILES string of the molecule is CN1CCC(c2ccccc2)CC1C(=O)O. The average Bonchev–Trinajstić information content (AvgIpc) is 2.30. The fraction of sp³-hybridized carbons (Fsp3) is 0.462. The summed E-state index contributed by atoms with van der Waals surface area (Å²) in [4.78, 5) is 13.0. The van der Waals surface area contributed by atoms with Crippen LogP contribution in [-0.2, 0) is 4.79 Å². The van der Waals surface area contributed by atoms with Crippen LogP contribution >= 0.6 is 0 Å². The number of rotatable bonds is 2. The maximum atomic E-state index is 11.1. The van der Waals surface area contributed by atoms with Crippen molar-refractivity contribution in [2.45, 2.75) is 24.8 Å². The Hall–Kier alpha value is -1.35. The molecule has 1 aliphatic rings. The number of benzene rings is 1. The van der Waals surface area contributed by atoms with Crippen LogP contribution in [0.4, 0.5) is 0 Å². The minimum Gasteiger partial charge on any atom is -0.480 e. The van der Waals surface area contributed by atoms with Crippen LogP contribution in [0, 0.1) is 0 Å². The Morgan fingerprint density at radius 1 is 1.38 bits per heavy atom. The Kier molecular flexibility index (Phi) is 3.25. The first-order valence-corrected chi connectivity index (χ1v) is 5.66. The monoisotopic (exact) mass is 219 g/mol. The number of nitrogens with zero attached hydrogens (tertiary/aromatic N) is 1. The molecule has 1 heterocycles. The number of likely N-dealkylation sites (N-methyl/N-ethyl adjacent to an activating group) is 1. The number of piperidine rings is 1. The van der Waals surface area contributed by atoms with Crippen molar-refractivity contribution in [3.63, 3.8) is 0 Å². The molecule has 16 heavy (non-hydrogen) atoms. The molecule has 0 spiro atoms. The zero-order chi connectivity index (χ0) is 11.5. The van der Waals surface area contributed by atoms with E-state index >= 15 is 0 Å². The van der Waals surface area contributed by atoms with Gasteiger partial charge >= 0.3 is 5.97 Å². The molecule has 0 aliphatic carbocycles. The van der Waals surface area contributed by atoms with Crippen molar-refractivity contribution in [3.05, 3.63) is 35.9 Å². The lowest BCUT2D eigenvalue weighted by atomic mass is 9.85. The first-order chi connectivity index (χ1) is 7.68. The van der Waals surface area contributed by atoms with Gasteiger partial charge in [0.05, 0.1) is 0 Å². The molecule has 0 radical (unpaired) electrons. The summed E-state index contributed by atoms with van der Waals surface area (Å²) in [5, 5.41) is 9.13. The fourth-order valence-electron chi connectivity index (χ4n) is 2.40. The highest BCUT2D eigenvalue weighted by Gasteiger charge is 2.31. The van der Waals surface area contributed by atoms with E-state index in [9.17, 15) is 4.79 Å². The van der Waals surface area contributed by atoms with E-state index in [0.29, 0.717) is 5.92 Å². The molecular formula is C13H17NO2. The Balaban J connectivity index is 2.12. The Morgan fingerprint density at radius 3 is 2.69 bits per heavy atom. The van der Waals surface area contributed by atoms with Gasteiger partial charge in [-0.3, -0.25) is 9.69 Å². The third-order valence-corrected chi connectivity index (χ3v) is 3.43. The zero-order valence-corrected chi connectivity index (χ0v) is 9.47. The molecule has 1 N–H and O–H groups in total. The minimum atomic E-state index is -0.705. The van der Waals surface area contributed by atoms with Crippen molar-refractivity contribution >= 4 is 5.97 Å². The van der Waals surface area contributed by atoms with Crippen molar-refractivity contribution in [2.24, 2.45) is 0 Å². The summed E-state index contributed by atoms with van der Waals surface area (Å²) in [5.74, 6) is -0.318. The smallest absolute Gasteiger partial charge is 0.320 e. The summed E-state index contributed by atoms with van der Waals surface area (Å²) < 4.78 is 0. The highest BCUT2D eigenvalue weighted by Crippen LogP contribution is 2.30. The molecule has 1 fully saturated rings. The van der Waals surface area contributed by atoms with Gasteiger partial charge in [-0.2, -0.15) is 0 Å². The molecule has 2 unspecified atom stereocenters. The third kappa shape index (κ3) is 2.25. The van der Waals surface area contributed by atoms with Gasteiger partial charge in [0.2, 0.25) is 0 Å². The highest BCUT2D eigenvalue weighted by molar-refractivity contribution is 5.73. The molecule has 3 nitrogen and oxygen atoms in total. The molecule has 0 aromatic heterocycles. The number of carboxylic acids is 1. The largest absolute Gasteiger partial charge is 0.480 e. The van der Waals surface area contributed by atoms with Gasteiger partial charge in [-0.25, -0.2) is 0 Å². The summed E-state index contributed by atoms with van der Waals surface area (Å²) in [5.41, 5.74) is 1.27. The van der Waals surface area contributed by atoms with Crippen molar-refractivity contribution in [2.75, 3.05) is 13.6 Å². The predicted molar refractivity (Wildman–Crippen MR) is 62.5 cm³/mol. The summed E-state index contributed by atoms with van der Waals surface area (Å²) in [6, 6.07) is 9.88. The quantitative estimate of drug-likeness (QED) is 0.826. The van der Waals surface area contributed by atoms with E-state index < -0.39 is 5.97 Å². The number of hydrogen-bond acceptors (Lipinski definition) is 2. The zero-order valence-electron chi connectivity index (χ0n) is 9.47. The molecule has 1 saturated heterocycles. The van der Waals surface area contributed by atoms with Gasteiger partial charge < -0.3 is 5.11 Å². The molecule has 0 saturated carbocycles. The first-order valence-electron chi connectivity index (χ1n) is 5.66. The van der Waals surface area contributed by atoms with E-state index in [4.69, 9.17) is 5.11 Å². The third-order valence-electron chi connectivity index (χ3n) is 3.43. The molecule has 0 amide bonds. The molecule has 1 aromatic carbocycles. The maximum absolute atomic E-state index is 11.1. The van der Waals surface area contributed by atoms with Crippen molar-refractivity contribution < 1.29 is 9.90 Å². The highest BCUT2D eigenvalue weighted by atomic mass is 16.4. The molecule has 2 rings (SSSR count). The number of likely N-dealkylation sites (tertiary alicyclic amines) is 1. The van der Waals surface area contributed by atoms with Gasteiger partial charge in [0, 0.05) is 0 Å². The van der Waals surface area contributed by atoms with Crippen molar-refractivity contribution in [3.8, 4) is 0 Å². The number of aliphatic carboxylic acids is 1. The number of carbonyl (C=O) groups is 1. The molecule has 0 bridgehead atoms. The average molecular weight is 219 g/mol.